The lowest BCUT2D eigenvalue weighted by Gasteiger charge is -2.17. The third-order valence-corrected chi connectivity index (χ3v) is 3.50. The summed E-state index contributed by atoms with van der Waals surface area (Å²) in [5, 5.41) is 12.4. The molecule has 104 valence electrons. The third kappa shape index (κ3) is 4.11. The summed E-state index contributed by atoms with van der Waals surface area (Å²) in [7, 11) is 0. The number of halogens is 2. The van der Waals surface area contributed by atoms with Crippen molar-refractivity contribution in [2.45, 2.75) is 19.8 Å². The van der Waals surface area contributed by atoms with Crippen LogP contribution in [0.4, 0.5) is 0 Å². The van der Waals surface area contributed by atoms with Crippen molar-refractivity contribution in [3.63, 3.8) is 0 Å². The lowest BCUT2D eigenvalue weighted by Crippen LogP contribution is -2.35. The number of carbonyl (C=O) groups is 2. The lowest BCUT2D eigenvalue weighted by molar-refractivity contribution is -0.146. The summed E-state index contributed by atoms with van der Waals surface area (Å²) >= 11 is 12.1. The minimum absolute atomic E-state index is 0.105. The summed E-state index contributed by atoms with van der Waals surface area (Å²) in [6.07, 6.45) is 0. The Balaban J connectivity index is 2.68. The van der Waals surface area contributed by atoms with Gasteiger partial charge < -0.3 is 10.4 Å². The van der Waals surface area contributed by atoms with Crippen molar-refractivity contribution in [1.82, 2.24) is 5.32 Å². The number of hydrogen-bond donors (Lipinski definition) is 2. The maximum absolute atomic E-state index is 11.5. The van der Waals surface area contributed by atoms with Crippen LogP contribution in [0.5, 0.6) is 0 Å². The SMILES string of the molecule is CC(C(=O)O)C(=O)NCC(C)c1c(Cl)cccc1Cl. The summed E-state index contributed by atoms with van der Waals surface area (Å²) in [5.74, 6) is -2.86. The van der Waals surface area contributed by atoms with Gasteiger partial charge in [0.2, 0.25) is 5.91 Å². The van der Waals surface area contributed by atoms with E-state index in [-0.39, 0.29) is 12.5 Å². The monoisotopic (exact) mass is 303 g/mol. The van der Waals surface area contributed by atoms with E-state index in [1.54, 1.807) is 18.2 Å². The summed E-state index contributed by atoms with van der Waals surface area (Å²) in [6, 6.07) is 5.19. The summed E-state index contributed by atoms with van der Waals surface area (Å²) in [6.45, 7) is 3.48. The molecule has 19 heavy (non-hydrogen) atoms. The van der Waals surface area contributed by atoms with E-state index in [2.05, 4.69) is 5.32 Å². The van der Waals surface area contributed by atoms with Crippen LogP contribution in [-0.4, -0.2) is 23.5 Å². The summed E-state index contributed by atoms with van der Waals surface area (Å²) in [4.78, 5) is 22.2. The number of hydrogen-bond acceptors (Lipinski definition) is 2. The number of carboxylic acids is 1. The molecule has 0 aromatic heterocycles. The van der Waals surface area contributed by atoms with Crippen LogP contribution >= 0.6 is 23.2 Å². The molecule has 0 aliphatic heterocycles. The van der Waals surface area contributed by atoms with E-state index < -0.39 is 17.8 Å². The second-order valence-corrected chi connectivity index (χ2v) is 5.16. The van der Waals surface area contributed by atoms with Crippen LogP contribution < -0.4 is 5.32 Å². The van der Waals surface area contributed by atoms with Gasteiger partial charge in [-0.3, -0.25) is 9.59 Å². The van der Waals surface area contributed by atoms with E-state index in [9.17, 15) is 9.59 Å². The molecule has 1 amide bonds. The molecule has 2 unspecified atom stereocenters. The first-order chi connectivity index (χ1) is 8.84. The van der Waals surface area contributed by atoms with Crippen molar-refractivity contribution in [1.29, 1.82) is 0 Å². The minimum Gasteiger partial charge on any atom is -0.481 e. The second kappa shape index (κ2) is 6.78. The quantitative estimate of drug-likeness (QED) is 0.822. The van der Waals surface area contributed by atoms with Gasteiger partial charge >= 0.3 is 5.97 Å². The molecule has 1 aromatic carbocycles. The summed E-state index contributed by atoms with van der Waals surface area (Å²) in [5.41, 5.74) is 0.745. The predicted octanol–water partition coefficient (Wildman–Crippen LogP) is 2.93. The normalized spacial score (nSPS) is 13.7. The van der Waals surface area contributed by atoms with E-state index in [1.165, 1.54) is 6.92 Å². The van der Waals surface area contributed by atoms with E-state index in [4.69, 9.17) is 28.3 Å². The number of nitrogens with one attached hydrogen (secondary N) is 1. The zero-order valence-corrected chi connectivity index (χ0v) is 12.1. The molecule has 0 saturated heterocycles. The van der Waals surface area contributed by atoms with E-state index >= 15 is 0 Å². The number of rotatable bonds is 5. The Hall–Kier alpha value is -1.26. The molecular formula is C13H15Cl2NO3. The Bertz CT molecular complexity index is 471. The van der Waals surface area contributed by atoms with Crippen LogP contribution in [0.2, 0.25) is 10.0 Å². The van der Waals surface area contributed by atoms with Crippen LogP contribution in [0.1, 0.15) is 25.3 Å². The van der Waals surface area contributed by atoms with Gasteiger partial charge in [-0.25, -0.2) is 0 Å². The van der Waals surface area contributed by atoms with Crippen LogP contribution in [0.15, 0.2) is 18.2 Å². The van der Waals surface area contributed by atoms with E-state index in [1.807, 2.05) is 6.92 Å². The van der Waals surface area contributed by atoms with Crippen molar-refractivity contribution in [3.05, 3.63) is 33.8 Å². The largest absolute Gasteiger partial charge is 0.481 e. The molecule has 1 rings (SSSR count). The molecule has 4 nitrogen and oxygen atoms in total. The first-order valence-corrected chi connectivity index (χ1v) is 6.54. The molecule has 0 aliphatic rings. The smallest absolute Gasteiger partial charge is 0.315 e. The van der Waals surface area contributed by atoms with Crippen LogP contribution in [-0.2, 0) is 9.59 Å². The Kier molecular flexibility index (Phi) is 5.63. The maximum atomic E-state index is 11.5. The topological polar surface area (TPSA) is 66.4 Å². The van der Waals surface area contributed by atoms with Gasteiger partial charge in [0.05, 0.1) is 0 Å². The maximum Gasteiger partial charge on any atom is 0.315 e. The molecule has 0 heterocycles. The molecule has 6 heteroatoms. The molecule has 0 saturated carbocycles. The molecule has 0 radical (unpaired) electrons. The second-order valence-electron chi connectivity index (χ2n) is 4.34. The van der Waals surface area contributed by atoms with Gasteiger partial charge in [-0.05, 0) is 24.6 Å². The lowest BCUT2D eigenvalue weighted by atomic mass is 10.0. The highest BCUT2D eigenvalue weighted by Gasteiger charge is 2.21. The van der Waals surface area contributed by atoms with E-state index in [0.717, 1.165) is 5.56 Å². The Morgan fingerprint density at radius 1 is 1.26 bits per heavy atom. The van der Waals surface area contributed by atoms with Gasteiger partial charge in [-0.2, -0.15) is 0 Å². The zero-order chi connectivity index (χ0) is 14.6. The number of carboxylic acid groups (broad SMARTS) is 1. The van der Waals surface area contributed by atoms with Crippen LogP contribution in [0.3, 0.4) is 0 Å². The van der Waals surface area contributed by atoms with Crippen molar-refractivity contribution < 1.29 is 14.7 Å². The average Bonchev–Trinajstić information content (AvgIpc) is 2.34. The van der Waals surface area contributed by atoms with Gasteiger partial charge in [0.25, 0.3) is 0 Å². The van der Waals surface area contributed by atoms with Crippen LogP contribution in [0.25, 0.3) is 0 Å². The fourth-order valence-electron chi connectivity index (χ4n) is 1.60. The Labute approximate surface area is 121 Å². The minimum atomic E-state index is -1.15. The van der Waals surface area contributed by atoms with Gasteiger partial charge in [0, 0.05) is 22.5 Å². The summed E-state index contributed by atoms with van der Waals surface area (Å²) < 4.78 is 0. The molecule has 0 aliphatic carbocycles. The van der Waals surface area contributed by atoms with Crippen molar-refractivity contribution in [2.75, 3.05) is 6.54 Å². The standard InChI is InChI=1S/C13H15Cl2NO3/c1-7(6-16-12(17)8(2)13(18)19)11-9(14)4-3-5-10(11)15/h3-5,7-8H,6H2,1-2H3,(H,16,17)(H,18,19). The fraction of sp³-hybridized carbons (Fsp3) is 0.385. The highest BCUT2D eigenvalue weighted by molar-refractivity contribution is 6.36. The molecule has 2 atom stereocenters. The average molecular weight is 304 g/mol. The number of amides is 1. The van der Waals surface area contributed by atoms with Crippen molar-refractivity contribution in [3.8, 4) is 0 Å². The van der Waals surface area contributed by atoms with Gasteiger partial charge in [0.1, 0.15) is 5.92 Å². The highest BCUT2D eigenvalue weighted by Crippen LogP contribution is 2.30. The predicted molar refractivity (Wildman–Crippen MR) is 74.7 cm³/mol. The molecule has 1 aromatic rings. The zero-order valence-electron chi connectivity index (χ0n) is 10.6. The Morgan fingerprint density at radius 2 is 1.79 bits per heavy atom. The van der Waals surface area contributed by atoms with Crippen molar-refractivity contribution >= 4 is 35.1 Å². The Morgan fingerprint density at radius 3 is 2.26 bits per heavy atom. The number of benzene rings is 1. The van der Waals surface area contributed by atoms with Crippen molar-refractivity contribution in [2.24, 2.45) is 5.92 Å². The van der Waals surface area contributed by atoms with Gasteiger partial charge in [0.15, 0.2) is 0 Å². The fourth-order valence-corrected chi connectivity index (χ4v) is 2.37. The third-order valence-electron chi connectivity index (χ3n) is 2.84. The number of carbonyl (C=O) groups excluding carboxylic acids is 1. The highest BCUT2D eigenvalue weighted by atomic mass is 35.5. The van der Waals surface area contributed by atoms with Crippen LogP contribution in [0, 0.1) is 5.92 Å². The molecule has 2 N–H and O–H groups in total. The van der Waals surface area contributed by atoms with E-state index in [0.29, 0.717) is 10.0 Å². The first-order valence-electron chi connectivity index (χ1n) is 5.79. The number of aliphatic carboxylic acids is 1. The molecule has 0 bridgehead atoms. The molecule has 0 spiro atoms. The van der Waals surface area contributed by atoms with Gasteiger partial charge in [-0.15, -0.1) is 0 Å². The molecular weight excluding hydrogens is 289 g/mol. The molecule has 0 fully saturated rings. The first kappa shape index (κ1) is 15.8. The van der Waals surface area contributed by atoms with Gasteiger partial charge in [-0.1, -0.05) is 36.2 Å².